The summed E-state index contributed by atoms with van der Waals surface area (Å²) in [5, 5.41) is 2.77. The van der Waals surface area contributed by atoms with Crippen molar-refractivity contribution in [2.45, 2.75) is 38.8 Å². The molecule has 3 rings (SSSR count). The van der Waals surface area contributed by atoms with E-state index < -0.39 is 11.7 Å². The fourth-order valence-electron chi connectivity index (χ4n) is 3.83. The molecule has 5 nitrogen and oxygen atoms in total. The normalized spacial score (nSPS) is 15.2. The second-order valence-corrected chi connectivity index (χ2v) is 9.00. The van der Waals surface area contributed by atoms with E-state index in [1.54, 1.807) is 18.2 Å². The molecule has 1 heterocycles. The Kier molecular flexibility index (Phi) is 9.08. The number of ether oxygens (including phenoxy) is 2. The van der Waals surface area contributed by atoms with Crippen LogP contribution in [0.4, 0.5) is 18.9 Å². The summed E-state index contributed by atoms with van der Waals surface area (Å²) in [6.07, 6.45) is -1.75. The van der Waals surface area contributed by atoms with Crippen molar-refractivity contribution in [2.75, 3.05) is 38.7 Å². The smallest absolute Gasteiger partial charge is 0.416 e. The van der Waals surface area contributed by atoms with Crippen molar-refractivity contribution < 1.29 is 27.4 Å². The van der Waals surface area contributed by atoms with Crippen molar-refractivity contribution in [3.63, 3.8) is 0 Å². The van der Waals surface area contributed by atoms with Gasteiger partial charge in [0.2, 0.25) is 5.91 Å². The number of carbonyl (C=O) groups is 1. The zero-order valence-electron chi connectivity index (χ0n) is 19.4. The quantitative estimate of drug-likeness (QED) is 0.457. The number of nitrogens with zero attached hydrogens (tertiary/aromatic N) is 1. The lowest BCUT2D eigenvalue weighted by Crippen LogP contribution is -2.35. The highest BCUT2D eigenvalue weighted by Crippen LogP contribution is 2.33. The summed E-state index contributed by atoms with van der Waals surface area (Å²) in [5.74, 6) is 1.61. The average Bonchev–Trinajstić information content (AvgIpc) is 2.79. The van der Waals surface area contributed by atoms with E-state index in [1.807, 2.05) is 0 Å². The molecule has 186 valence electrons. The number of hydrogen-bond acceptors (Lipinski definition) is 4. The maximum atomic E-state index is 12.8. The van der Waals surface area contributed by atoms with Gasteiger partial charge in [-0.25, -0.2) is 0 Å². The predicted octanol–water partition coefficient (Wildman–Crippen LogP) is 6.05. The number of anilines is 1. The Morgan fingerprint density at radius 2 is 1.88 bits per heavy atom. The summed E-state index contributed by atoms with van der Waals surface area (Å²) in [6, 6.07) is 8.31. The number of benzene rings is 2. The second kappa shape index (κ2) is 11.8. The summed E-state index contributed by atoms with van der Waals surface area (Å²) in [7, 11) is 1.53. The molecule has 1 aliphatic heterocycles. The largest absolute Gasteiger partial charge is 0.493 e. The number of likely N-dealkylation sites (tertiary alicyclic amines) is 1. The summed E-state index contributed by atoms with van der Waals surface area (Å²) in [6.45, 7) is 5.85. The number of aryl methyl sites for hydroxylation is 1. The lowest BCUT2D eigenvalue weighted by molar-refractivity contribution is -0.137. The van der Waals surface area contributed by atoms with Gasteiger partial charge in [-0.2, -0.15) is 13.2 Å². The van der Waals surface area contributed by atoms with Crippen molar-refractivity contribution in [1.82, 2.24) is 4.90 Å². The van der Waals surface area contributed by atoms with E-state index in [0.29, 0.717) is 29.4 Å². The molecule has 0 radical (unpaired) electrons. The molecule has 0 atom stereocenters. The summed E-state index contributed by atoms with van der Waals surface area (Å²) < 4.78 is 49.6. The van der Waals surface area contributed by atoms with Crippen molar-refractivity contribution in [2.24, 2.45) is 5.92 Å². The molecular weight excluding hydrogens is 469 g/mol. The minimum Gasteiger partial charge on any atom is -0.493 e. The highest BCUT2D eigenvalue weighted by molar-refractivity contribution is 6.31. The van der Waals surface area contributed by atoms with Crippen LogP contribution in [0.3, 0.4) is 0 Å². The van der Waals surface area contributed by atoms with E-state index in [1.165, 1.54) is 26.0 Å². The van der Waals surface area contributed by atoms with Crippen molar-refractivity contribution in [3.05, 3.63) is 52.5 Å². The van der Waals surface area contributed by atoms with Crippen LogP contribution in [0.2, 0.25) is 5.02 Å². The molecule has 1 aliphatic rings. The van der Waals surface area contributed by atoms with Crippen LogP contribution in [-0.4, -0.2) is 44.2 Å². The van der Waals surface area contributed by atoms with Crippen molar-refractivity contribution in [1.29, 1.82) is 0 Å². The molecule has 0 bridgehead atoms. The van der Waals surface area contributed by atoms with Gasteiger partial charge in [-0.1, -0.05) is 24.6 Å². The lowest BCUT2D eigenvalue weighted by Gasteiger charge is -2.30. The number of halogens is 4. The fraction of sp³-hybridized carbons (Fsp3) is 0.480. The summed E-state index contributed by atoms with van der Waals surface area (Å²) in [5.41, 5.74) is 0.206. The van der Waals surface area contributed by atoms with Crippen LogP contribution in [0, 0.1) is 5.92 Å². The molecular formula is C25H30ClF3N2O3. The highest BCUT2D eigenvalue weighted by Gasteiger charge is 2.30. The number of nitrogens with one attached hydrogen (secondary N) is 1. The van der Waals surface area contributed by atoms with Gasteiger partial charge in [0, 0.05) is 29.7 Å². The first-order valence-corrected chi connectivity index (χ1v) is 11.7. The van der Waals surface area contributed by atoms with E-state index in [2.05, 4.69) is 17.1 Å². The molecule has 34 heavy (non-hydrogen) atoms. The minimum atomic E-state index is -4.46. The Morgan fingerprint density at radius 3 is 2.53 bits per heavy atom. The van der Waals surface area contributed by atoms with Gasteiger partial charge >= 0.3 is 6.18 Å². The Hall–Kier alpha value is -2.45. The van der Waals surface area contributed by atoms with Gasteiger partial charge in [-0.05, 0) is 68.1 Å². The van der Waals surface area contributed by atoms with E-state index in [0.717, 1.165) is 37.7 Å². The third-order valence-electron chi connectivity index (χ3n) is 5.99. The first kappa shape index (κ1) is 26.2. The zero-order chi connectivity index (χ0) is 24.7. The van der Waals surface area contributed by atoms with E-state index >= 15 is 0 Å². The Labute approximate surface area is 203 Å². The molecule has 1 saturated heterocycles. The van der Waals surface area contributed by atoms with Crippen molar-refractivity contribution >= 4 is 23.2 Å². The monoisotopic (exact) mass is 498 g/mol. The lowest BCUT2D eigenvalue weighted by atomic mass is 9.99. The number of amides is 1. The van der Waals surface area contributed by atoms with Gasteiger partial charge < -0.3 is 14.8 Å². The molecule has 0 unspecified atom stereocenters. The van der Waals surface area contributed by atoms with Gasteiger partial charge in [0.1, 0.15) is 6.61 Å². The van der Waals surface area contributed by atoms with Crippen LogP contribution in [0.25, 0.3) is 0 Å². The van der Waals surface area contributed by atoms with Gasteiger partial charge in [0.25, 0.3) is 0 Å². The molecule has 0 aliphatic carbocycles. The number of hydrogen-bond donors (Lipinski definition) is 1. The topological polar surface area (TPSA) is 50.8 Å². The maximum Gasteiger partial charge on any atom is 0.416 e. The molecule has 9 heteroatoms. The van der Waals surface area contributed by atoms with Crippen LogP contribution in [0.5, 0.6) is 11.5 Å². The molecule has 2 aromatic rings. The molecule has 1 amide bonds. The number of alkyl halides is 3. The number of rotatable bonds is 9. The number of piperidine rings is 1. The van der Waals surface area contributed by atoms with Crippen molar-refractivity contribution in [3.8, 4) is 11.5 Å². The summed E-state index contributed by atoms with van der Waals surface area (Å²) >= 11 is 5.97. The van der Waals surface area contributed by atoms with Crippen LogP contribution < -0.4 is 14.8 Å². The van der Waals surface area contributed by atoms with Gasteiger partial charge in [0.15, 0.2) is 11.5 Å². The predicted molar refractivity (Wildman–Crippen MR) is 127 cm³/mol. The van der Waals surface area contributed by atoms with Crippen LogP contribution in [-0.2, 0) is 17.4 Å². The van der Waals surface area contributed by atoms with Crippen LogP contribution in [0.15, 0.2) is 36.4 Å². The van der Waals surface area contributed by atoms with Gasteiger partial charge in [-0.15, -0.1) is 0 Å². The highest BCUT2D eigenvalue weighted by atomic mass is 35.5. The van der Waals surface area contributed by atoms with Gasteiger partial charge in [0.05, 0.1) is 12.7 Å². The second-order valence-electron chi connectivity index (χ2n) is 8.59. The molecule has 1 N–H and O–H groups in total. The van der Waals surface area contributed by atoms with E-state index in [-0.39, 0.29) is 23.8 Å². The Morgan fingerprint density at radius 1 is 1.15 bits per heavy atom. The van der Waals surface area contributed by atoms with E-state index in [9.17, 15) is 18.0 Å². The first-order chi connectivity index (χ1) is 16.2. The summed E-state index contributed by atoms with van der Waals surface area (Å²) in [4.78, 5) is 14.8. The third kappa shape index (κ3) is 7.53. The molecule has 2 aromatic carbocycles. The zero-order valence-corrected chi connectivity index (χ0v) is 20.1. The van der Waals surface area contributed by atoms with Crippen LogP contribution in [0.1, 0.15) is 37.3 Å². The average molecular weight is 499 g/mol. The first-order valence-electron chi connectivity index (χ1n) is 11.3. The molecule has 0 spiro atoms. The van der Waals surface area contributed by atoms with Crippen LogP contribution >= 0.6 is 11.6 Å². The standard InChI is InChI=1S/C25H30ClF3N2O3/c1-17-9-11-31(12-10-17)13-14-34-22-7-6-20(16-23(22)33-2)30-24(32)8-4-18-3-5-19(15-21(18)26)25(27,28)29/h3,5-7,15-17H,4,8-14H2,1-2H3,(H,30,32). The number of methoxy groups -OCH3 is 1. The minimum absolute atomic E-state index is 0.00939. The fourth-order valence-corrected chi connectivity index (χ4v) is 4.11. The molecule has 0 saturated carbocycles. The Balaban J connectivity index is 1.50. The molecule has 1 fully saturated rings. The van der Waals surface area contributed by atoms with E-state index in [4.69, 9.17) is 21.1 Å². The SMILES string of the molecule is COc1cc(NC(=O)CCc2ccc(C(F)(F)F)cc2Cl)ccc1OCCN1CCC(C)CC1. The number of carbonyl (C=O) groups excluding carboxylic acids is 1. The third-order valence-corrected chi connectivity index (χ3v) is 6.34. The maximum absolute atomic E-state index is 12.8. The molecule has 0 aromatic heterocycles. The van der Waals surface area contributed by atoms with Gasteiger partial charge in [-0.3, -0.25) is 9.69 Å². The Bertz CT molecular complexity index is 976.